The number of thiophene rings is 1. The number of carboxylic acids is 1. The van der Waals surface area contributed by atoms with Crippen molar-refractivity contribution in [1.29, 1.82) is 0 Å². The second kappa shape index (κ2) is 7.04. The van der Waals surface area contributed by atoms with E-state index in [1.807, 2.05) is 12.1 Å². The van der Waals surface area contributed by atoms with Crippen molar-refractivity contribution in [3.05, 3.63) is 28.0 Å². The van der Waals surface area contributed by atoms with Crippen LogP contribution >= 0.6 is 11.3 Å². The van der Waals surface area contributed by atoms with Crippen molar-refractivity contribution < 1.29 is 14.6 Å². The molecule has 20 heavy (non-hydrogen) atoms. The average molecular weight is 294 g/mol. The Morgan fingerprint density at radius 3 is 2.70 bits per heavy atom. The molecule has 0 bridgehead atoms. The summed E-state index contributed by atoms with van der Waals surface area (Å²) in [6.45, 7) is 5.23. The summed E-state index contributed by atoms with van der Waals surface area (Å²) in [5.74, 6) is 0.587. The van der Waals surface area contributed by atoms with Crippen molar-refractivity contribution >= 4 is 23.4 Å². The van der Waals surface area contributed by atoms with Crippen LogP contribution in [0.1, 0.15) is 42.9 Å². The van der Waals surface area contributed by atoms with Crippen LogP contribution in [0.15, 0.2) is 18.2 Å². The minimum atomic E-state index is -0.915. The SMILES string of the molecule is CC1CC(C)CC(OCc2ccc(C=CC(=O)O)s2)C1. The van der Waals surface area contributed by atoms with Gasteiger partial charge in [0.2, 0.25) is 0 Å². The van der Waals surface area contributed by atoms with E-state index < -0.39 is 5.97 Å². The van der Waals surface area contributed by atoms with E-state index in [9.17, 15) is 4.79 Å². The Morgan fingerprint density at radius 2 is 2.05 bits per heavy atom. The molecule has 1 aliphatic rings. The summed E-state index contributed by atoms with van der Waals surface area (Å²) in [5, 5.41) is 8.60. The fraction of sp³-hybridized carbons (Fsp3) is 0.562. The van der Waals surface area contributed by atoms with E-state index in [0.717, 1.165) is 34.4 Å². The molecule has 0 amide bonds. The zero-order chi connectivity index (χ0) is 14.5. The lowest BCUT2D eigenvalue weighted by Gasteiger charge is -2.31. The maximum absolute atomic E-state index is 10.5. The van der Waals surface area contributed by atoms with Crippen LogP contribution in [-0.4, -0.2) is 17.2 Å². The largest absolute Gasteiger partial charge is 0.478 e. The van der Waals surface area contributed by atoms with Crippen LogP contribution in [0.25, 0.3) is 6.08 Å². The standard InChI is InChI=1S/C16H22O3S/c1-11-7-12(2)9-13(8-11)19-10-15-4-3-14(20-15)5-6-16(17)18/h3-6,11-13H,7-10H2,1-2H3,(H,17,18). The molecule has 1 aromatic heterocycles. The summed E-state index contributed by atoms with van der Waals surface area (Å²) < 4.78 is 6.02. The van der Waals surface area contributed by atoms with Crippen molar-refractivity contribution in [3.8, 4) is 0 Å². The molecule has 0 aliphatic heterocycles. The molecular formula is C16H22O3S. The summed E-state index contributed by atoms with van der Waals surface area (Å²) in [4.78, 5) is 12.6. The van der Waals surface area contributed by atoms with Crippen LogP contribution in [0, 0.1) is 11.8 Å². The van der Waals surface area contributed by atoms with Gasteiger partial charge in [-0.25, -0.2) is 4.79 Å². The van der Waals surface area contributed by atoms with E-state index >= 15 is 0 Å². The number of aliphatic carboxylic acids is 1. The molecule has 1 saturated carbocycles. The van der Waals surface area contributed by atoms with E-state index in [-0.39, 0.29) is 0 Å². The Labute approximate surface area is 124 Å². The van der Waals surface area contributed by atoms with Gasteiger partial charge < -0.3 is 9.84 Å². The molecule has 2 rings (SSSR count). The maximum Gasteiger partial charge on any atom is 0.328 e. The Hall–Kier alpha value is -1.13. The fourth-order valence-electron chi connectivity index (χ4n) is 2.92. The van der Waals surface area contributed by atoms with Gasteiger partial charge in [-0.05, 0) is 49.3 Å². The predicted octanol–water partition coefficient (Wildman–Crippen LogP) is 4.19. The van der Waals surface area contributed by atoms with Crippen molar-refractivity contribution in [2.75, 3.05) is 0 Å². The molecule has 2 atom stereocenters. The monoisotopic (exact) mass is 294 g/mol. The van der Waals surface area contributed by atoms with Gasteiger partial charge in [0.25, 0.3) is 0 Å². The van der Waals surface area contributed by atoms with Gasteiger partial charge in [-0.1, -0.05) is 13.8 Å². The maximum atomic E-state index is 10.5. The van der Waals surface area contributed by atoms with E-state index in [0.29, 0.717) is 12.7 Å². The summed E-state index contributed by atoms with van der Waals surface area (Å²) in [5.41, 5.74) is 0. The van der Waals surface area contributed by atoms with Gasteiger partial charge in [0.15, 0.2) is 0 Å². The lowest BCUT2D eigenvalue weighted by molar-refractivity contribution is -0.131. The molecular weight excluding hydrogens is 272 g/mol. The van der Waals surface area contributed by atoms with Crippen molar-refractivity contribution in [3.63, 3.8) is 0 Å². The van der Waals surface area contributed by atoms with E-state index in [4.69, 9.17) is 9.84 Å². The Morgan fingerprint density at radius 1 is 1.35 bits per heavy atom. The lowest BCUT2D eigenvalue weighted by Crippen LogP contribution is -2.26. The molecule has 1 aliphatic carbocycles. The first kappa shape index (κ1) is 15.3. The molecule has 0 spiro atoms. The average Bonchev–Trinajstić information content (AvgIpc) is 2.81. The quantitative estimate of drug-likeness (QED) is 0.828. The van der Waals surface area contributed by atoms with E-state index in [2.05, 4.69) is 13.8 Å². The smallest absolute Gasteiger partial charge is 0.328 e. The second-order valence-electron chi connectivity index (χ2n) is 5.83. The Balaban J connectivity index is 1.83. The molecule has 1 heterocycles. The van der Waals surface area contributed by atoms with Gasteiger partial charge in [-0.15, -0.1) is 11.3 Å². The summed E-state index contributed by atoms with van der Waals surface area (Å²) in [6.07, 6.45) is 6.78. The molecule has 2 unspecified atom stereocenters. The molecule has 0 radical (unpaired) electrons. The van der Waals surface area contributed by atoms with Crippen LogP contribution in [-0.2, 0) is 16.1 Å². The normalized spacial score (nSPS) is 27.0. The zero-order valence-corrected chi connectivity index (χ0v) is 12.9. The van der Waals surface area contributed by atoms with Crippen LogP contribution in [0.2, 0.25) is 0 Å². The summed E-state index contributed by atoms with van der Waals surface area (Å²) in [7, 11) is 0. The highest BCUT2D eigenvalue weighted by molar-refractivity contribution is 7.12. The van der Waals surface area contributed by atoms with Gasteiger partial charge in [-0.3, -0.25) is 0 Å². The first-order chi connectivity index (χ1) is 9.52. The first-order valence-corrected chi connectivity index (χ1v) is 7.96. The third-order valence-electron chi connectivity index (χ3n) is 3.67. The topological polar surface area (TPSA) is 46.5 Å². The minimum absolute atomic E-state index is 0.369. The molecule has 4 heteroatoms. The molecule has 1 aromatic rings. The highest BCUT2D eigenvalue weighted by Gasteiger charge is 2.24. The number of hydrogen-bond donors (Lipinski definition) is 1. The van der Waals surface area contributed by atoms with Crippen molar-refractivity contribution in [2.24, 2.45) is 11.8 Å². The lowest BCUT2D eigenvalue weighted by atomic mass is 9.82. The Bertz CT molecular complexity index is 468. The number of rotatable bonds is 5. The summed E-state index contributed by atoms with van der Waals surface area (Å²) >= 11 is 1.59. The van der Waals surface area contributed by atoms with E-state index in [1.54, 1.807) is 17.4 Å². The molecule has 0 aromatic carbocycles. The molecule has 1 fully saturated rings. The third kappa shape index (κ3) is 4.76. The van der Waals surface area contributed by atoms with Crippen LogP contribution in [0.5, 0.6) is 0 Å². The number of carbonyl (C=O) groups is 1. The summed E-state index contributed by atoms with van der Waals surface area (Å²) in [6, 6.07) is 3.96. The first-order valence-electron chi connectivity index (χ1n) is 7.14. The van der Waals surface area contributed by atoms with E-state index in [1.165, 1.54) is 12.5 Å². The number of hydrogen-bond acceptors (Lipinski definition) is 3. The third-order valence-corrected chi connectivity index (χ3v) is 4.69. The number of carboxylic acid groups (broad SMARTS) is 1. The van der Waals surface area contributed by atoms with Gasteiger partial charge >= 0.3 is 5.97 Å². The van der Waals surface area contributed by atoms with Gasteiger partial charge in [0.1, 0.15) is 0 Å². The number of ether oxygens (including phenoxy) is 1. The highest BCUT2D eigenvalue weighted by Crippen LogP contribution is 2.31. The van der Waals surface area contributed by atoms with Crippen molar-refractivity contribution in [1.82, 2.24) is 0 Å². The van der Waals surface area contributed by atoms with Crippen LogP contribution < -0.4 is 0 Å². The van der Waals surface area contributed by atoms with Crippen LogP contribution in [0.4, 0.5) is 0 Å². The fourth-order valence-corrected chi connectivity index (χ4v) is 3.76. The van der Waals surface area contributed by atoms with Gasteiger partial charge in [-0.2, -0.15) is 0 Å². The van der Waals surface area contributed by atoms with Crippen LogP contribution in [0.3, 0.4) is 0 Å². The van der Waals surface area contributed by atoms with Gasteiger partial charge in [0.05, 0.1) is 12.7 Å². The highest BCUT2D eigenvalue weighted by atomic mass is 32.1. The Kier molecular flexibility index (Phi) is 5.38. The van der Waals surface area contributed by atoms with Gasteiger partial charge in [0, 0.05) is 15.8 Å². The predicted molar refractivity (Wildman–Crippen MR) is 81.7 cm³/mol. The second-order valence-corrected chi connectivity index (χ2v) is 7.03. The molecule has 3 nitrogen and oxygen atoms in total. The zero-order valence-electron chi connectivity index (χ0n) is 12.0. The molecule has 0 saturated heterocycles. The van der Waals surface area contributed by atoms with Crippen molar-refractivity contribution in [2.45, 2.75) is 45.8 Å². The minimum Gasteiger partial charge on any atom is -0.478 e. The molecule has 1 N–H and O–H groups in total. The molecule has 110 valence electrons.